The zero-order valence-corrected chi connectivity index (χ0v) is 15.9. The van der Waals surface area contributed by atoms with E-state index in [1.165, 1.54) is 18.4 Å². The fraction of sp³-hybridized carbons (Fsp3) is 0.632. The van der Waals surface area contributed by atoms with E-state index in [0.29, 0.717) is 5.92 Å². The van der Waals surface area contributed by atoms with Crippen molar-refractivity contribution < 1.29 is 14.3 Å². The number of halogens is 1. The number of anilines is 1. The summed E-state index contributed by atoms with van der Waals surface area (Å²) in [6, 6.07) is 8.09. The summed E-state index contributed by atoms with van der Waals surface area (Å²) in [5, 5.41) is 3.00. The first-order valence-electron chi connectivity index (χ1n) is 9.37. The lowest BCUT2D eigenvalue weighted by atomic mass is 9.93. The number of carbonyl (C=O) groups excluding carboxylic acids is 1. The van der Waals surface area contributed by atoms with Gasteiger partial charge in [0.05, 0.1) is 13.2 Å². The Balaban J connectivity index is 0.00000196. The molecule has 1 N–H and O–H groups in total. The third kappa shape index (κ3) is 4.68. The van der Waals surface area contributed by atoms with Gasteiger partial charge in [0.2, 0.25) is 0 Å². The van der Waals surface area contributed by atoms with Crippen molar-refractivity contribution >= 4 is 24.1 Å². The maximum Gasteiger partial charge on any atom is 0.322 e. The molecule has 0 aromatic heterocycles. The summed E-state index contributed by atoms with van der Waals surface area (Å²) in [5.74, 6) is 0.701. The van der Waals surface area contributed by atoms with Gasteiger partial charge >= 0.3 is 6.03 Å². The number of carbonyl (C=O) groups is 1. The van der Waals surface area contributed by atoms with Crippen molar-refractivity contribution in [1.82, 2.24) is 9.80 Å². The molecule has 0 atom stereocenters. The summed E-state index contributed by atoms with van der Waals surface area (Å²) in [5.41, 5.74) is 2.15. The monoisotopic (exact) mass is 381 g/mol. The van der Waals surface area contributed by atoms with Gasteiger partial charge < -0.3 is 19.7 Å². The predicted molar refractivity (Wildman–Crippen MR) is 103 cm³/mol. The molecule has 0 unspecified atom stereocenters. The molecule has 3 heterocycles. The molecule has 2 amide bonds. The van der Waals surface area contributed by atoms with Crippen LogP contribution in [0.5, 0.6) is 0 Å². The number of para-hydroxylation sites is 1. The molecule has 0 radical (unpaired) electrons. The van der Waals surface area contributed by atoms with Crippen LogP contribution in [0.1, 0.15) is 24.8 Å². The average molecular weight is 382 g/mol. The number of hydrogen-bond donors (Lipinski definition) is 1. The Morgan fingerprint density at radius 2 is 1.85 bits per heavy atom. The van der Waals surface area contributed by atoms with E-state index in [-0.39, 0.29) is 24.7 Å². The summed E-state index contributed by atoms with van der Waals surface area (Å²) in [6.45, 7) is 6.09. The van der Waals surface area contributed by atoms with Crippen molar-refractivity contribution in [2.24, 2.45) is 5.92 Å². The Bertz CT molecular complexity index is 601. The molecule has 144 valence electrons. The zero-order valence-electron chi connectivity index (χ0n) is 15.1. The minimum Gasteiger partial charge on any atom is -0.349 e. The molecular weight excluding hydrogens is 354 g/mol. The van der Waals surface area contributed by atoms with Gasteiger partial charge in [-0.25, -0.2) is 4.79 Å². The van der Waals surface area contributed by atoms with Crippen LogP contribution in [-0.4, -0.2) is 61.5 Å². The normalized spacial score (nSPS) is 22.0. The Morgan fingerprint density at radius 3 is 2.62 bits per heavy atom. The van der Waals surface area contributed by atoms with E-state index in [0.717, 1.165) is 58.0 Å². The number of nitrogens with one attached hydrogen (secondary N) is 1. The topological polar surface area (TPSA) is 54.0 Å². The van der Waals surface area contributed by atoms with E-state index in [1.54, 1.807) is 0 Å². The second kappa shape index (κ2) is 9.04. The highest BCUT2D eigenvalue weighted by Gasteiger charge is 2.26. The number of ether oxygens (including phenoxy) is 2. The van der Waals surface area contributed by atoms with Crippen molar-refractivity contribution in [3.05, 3.63) is 29.8 Å². The predicted octanol–water partition coefficient (Wildman–Crippen LogP) is 2.93. The maximum atomic E-state index is 12.3. The standard InChI is InChI=1S/C19H27N3O3.ClH/c23-19-20-17-4-2-1-3-16(17)13-22(19)10-7-15-5-8-21(9-6-15)14-18-24-11-12-25-18;/h1-4,15,18H,5-14H2,(H,20,23);1H. The molecule has 4 rings (SSSR count). The number of benzene rings is 1. The number of rotatable bonds is 5. The van der Waals surface area contributed by atoms with E-state index < -0.39 is 0 Å². The van der Waals surface area contributed by atoms with E-state index in [1.807, 2.05) is 23.1 Å². The second-order valence-corrected chi connectivity index (χ2v) is 7.21. The van der Waals surface area contributed by atoms with Gasteiger partial charge in [-0.2, -0.15) is 0 Å². The number of fused-ring (bicyclic) bond motifs is 1. The molecule has 3 aliphatic heterocycles. The Morgan fingerprint density at radius 1 is 1.12 bits per heavy atom. The highest BCUT2D eigenvalue weighted by atomic mass is 35.5. The largest absolute Gasteiger partial charge is 0.349 e. The molecule has 1 aromatic rings. The van der Waals surface area contributed by atoms with E-state index in [4.69, 9.17) is 9.47 Å². The Labute approximate surface area is 161 Å². The number of likely N-dealkylation sites (tertiary alicyclic amines) is 1. The number of amides is 2. The summed E-state index contributed by atoms with van der Waals surface area (Å²) in [4.78, 5) is 16.6. The molecule has 0 spiro atoms. The van der Waals surface area contributed by atoms with Crippen LogP contribution in [0.15, 0.2) is 24.3 Å². The molecule has 2 fully saturated rings. The lowest BCUT2D eigenvalue weighted by molar-refractivity contribution is -0.0662. The van der Waals surface area contributed by atoms with Gasteiger partial charge in [-0.3, -0.25) is 4.90 Å². The van der Waals surface area contributed by atoms with Crippen molar-refractivity contribution in [3.8, 4) is 0 Å². The van der Waals surface area contributed by atoms with Crippen molar-refractivity contribution in [1.29, 1.82) is 0 Å². The van der Waals surface area contributed by atoms with Crippen LogP contribution in [-0.2, 0) is 16.0 Å². The van der Waals surface area contributed by atoms with Gasteiger partial charge in [0, 0.05) is 25.3 Å². The molecule has 26 heavy (non-hydrogen) atoms. The summed E-state index contributed by atoms with van der Waals surface area (Å²) in [7, 11) is 0. The molecule has 0 saturated carbocycles. The van der Waals surface area contributed by atoms with E-state index in [2.05, 4.69) is 16.3 Å². The minimum absolute atomic E-state index is 0. The number of piperidine rings is 1. The van der Waals surface area contributed by atoms with Gasteiger partial charge in [0.15, 0.2) is 6.29 Å². The minimum atomic E-state index is -0.0336. The number of nitrogens with zero attached hydrogens (tertiary/aromatic N) is 2. The van der Waals surface area contributed by atoms with Gasteiger partial charge in [-0.15, -0.1) is 12.4 Å². The summed E-state index contributed by atoms with van der Waals surface area (Å²) >= 11 is 0. The highest BCUT2D eigenvalue weighted by molar-refractivity contribution is 5.92. The van der Waals surface area contributed by atoms with Gasteiger partial charge in [0.1, 0.15) is 0 Å². The second-order valence-electron chi connectivity index (χ2n) is 7.21. The fourth-order valence-corrected chi connectivity index (χ4v) is 3.95. The van der Waals surface area contributed by atoms with Crippen LogP contribution in [0.2, 0.25) is 0 Å². The van der Waals surface area contributed by atoms with Crippen molar-refractivity contribution in [3.63, 3.8) is 0 Å². The Kier molecular flexibility index (Phi) is 6.75. The quantitative estimate of drug-likeness (QED) is 0.852. The van der Waals surface area contributed by atoms with Gasteiger partial charge in [-0.1, -0.05) is 18.2 Å². The molecule has 0 bridgehead atoms. The molecular formula is C19H28ClN3O3. The van der Waals surface area contributed by atoms with Crippen LogP contribution in [0.3, 0.4) is 0 Å². The van der Waals surface area contributed by atoms with Crippen LogP contribution in [0.4, 0.5) is 10.5 Å². The van der Waals surface area contributed by atoms with Gasteiger partial charge in [-0.05, 0) is 49.9 Å². The van der Waals surface area contributed by atoms with Crippen molar-refractivity contribution in [2.75, 3.05) is 44.7 Å². The van der Waals surface area contributed by atoms with Crippen LogP contribution in [0, 0.1) is 5.92 Å². The van der Waals surface area contributed by atoms with Crippen LogP contribution >= 0.6 is 12.4 Å². The lowest BCUT2D eigenvalue weighted by Crippen LogP contribution is -2.42. The van der Waals surface area contributed by atoms with Crippen LogP contribution < -0.4 is 5.32 Å². The molecule has 0 aliphatic carbocycles. The molecule has 7 heteroatoms. The fourth-order valence-electron chi connectivity index (χ4n) is 3.95. The first-order chi connectivity index (χ1) is 12.3. The first kappa shape index (κ1) is 19.4. The average Bonchev–Trinajstić information content (AvgIpc) is 3.14. The van der Waals surface area contributed by atoms with E-state index >= 15 is 0 Å². The first-order valence-corrected chi connectivity index (χ1v) is 9.37. The SMILES string of the molecule is Cl.O=C1Nc2ccccc2CN1CCC1CCN(CC2OCCO2)CC1. The van der Waals surface area contributed by atoms with E-state index in [9.17, 15) is 4.79 Å². The zero-order chi connectivity index (χ0) is 17.1. The molecule has 1 aromatic carbocycles. The van der Waals surface area contributed by atoms with Crippen LogP contribution in [0.25, 0.3) is 0 Å². The third-order valence-electron chi connectivity index (χ3n) is 5.52. The highest BCUT2D eigenvalue weighted by Crippen LogP contribution is 2.25. The number of urea groups is 1. The third-order valence-corrected chi connectivity index (χ3v) is 5.52. The smallest absolute Gasteiger partial charge is 0.322 e. The molecule has 2 saturated heterocycles. The molecule has 3 aliphatic rings. The van der Waals surface area contributed by atoms with Gasteiger partial charge in [0.25, 0.3) is 0 Å². The lowest BCUT2D eigenvalue weighted by Gasteiger charge is -2.35. The summed E-state index contributed by atoms with van der Waals surface area (Å²) in [6.07, 6.45) is 3.44. The van der Waals surface area contributed by atoms with Crippen molar-refractivity contribution in [2.45, 2.75) is 32.1 Å². The summed E-state index contributed by atoms with van der Waals surface area (Å²) < 4.78 is 11.1. The number of hydrogen-bond acceptors (Lipinski definition) is 4. The Hall–Kier alpha value is -1.34. The maximum absolute atomic E-state index is 12.3. The molecule has 6 nitrogen and oxygen atoms in total.